The van der Waals surface area contributed by atoms with Gasteiger partial charge in [-0.15, -0.1) is 11.3 Å². The van der Waals surface area contributed by atoms with E-state index in [0.717, 1.165) is 28.7 Å². The van der Waals surface area contributed by atoms with Crippen molar-refractivity contribution < 1.29 is 5.11 Å². The molecule has 19 heavy (non-hydrogen) atoms. The number of hydrogen-bond donors (Lipinski definition) is 1. The van der Waals surface area contributed by atoms with Crippen LogP contribution in [0.15, 0.2) is 17.5 Å². The van der Waals surface area contributed by atoms with Crippen LogP contribution in [0.5, 0.6) is 0 Å². The van der Waals surface area contributed by atoms with Gasteiger partial charge in [0.25, 0.3) is 0 Å². The monoisotopic (exact) mass is 296 g/mol. The lowest BCUT2D eigenvalue weighted by atomic mass is 10.3. The number of thiazole rings is 1. The fourth-order valence-electron chi connectivity index (χ4n) is 1.93. The molecular weight excluding hydrogens is 276 g/mol. The molecule has 2 aromatic heterocycles. The predicted molar refractivity (Wildman–Crippen MR) is 83.1 cm³/mol. The van der Waals surface area contributed by atoms with Gasteiger partial charge in [-0.3, -0.25) is 0 Å². The van der Waals surface area contributed by atoms with Crippen LogP contribution in [-0.4, -0.2) is 16.1 Å². The molecule has 0 aliphatic carbocycles. The maximum Gasteiger partial charge on any atom is 0.186 e. The number of hydrogen-bond acceptors (Lipinski definition) is 5. The van der Waals surface area contributed by atoms with E-state index < -0.39 is 0 Å². The molecule has 104 valence electrons. The third kappa shape index (κ3) is 3.35. The quantitative estimate of drug-likeness (QED) is 0.883. The van der Waals surface area contributed by atoms with Crippen molar-refractivity contribution in [1.82, 2.24) is 4.98 Å². The zero-order valence-electron chi connectivity index (χ0n) is 11.6. The van der Waals surface area contributed by atoms with Gasteiger partial charge in [0, 0.05) is 10.9 Å². The van der Waals surface area contributed by atoms with Crippen molar-refractivity contribution in [3.63, 3.8) is 0 Å². The maximum atomic E-state index is 9.39. The molecule has 0 radical (unpaired) electrons. The summed E-state index contributed by atoms with van der Waals surface area (Å²) in [5.41, 5.74) is 1.03. The molecule has 0 aliphatic heterocycles. The predicted octanol–water partition coefficient (Wildman–Crippen LogP) is 3.67. The van der Waals surface area contributed by atoms with Crippen molar-refractivity contribution in [2.45, 2.75) is 46.4 Å². The average molecular weight is 296 g/mol. The summed E-state index contributed by atoms with van der Waals surface area (Å²) in [5.74, 6) is 0. The maximum absolute atomic E-state index is 9.39. The van der Waals surface area contributed by atoms with Crippen molar-refractivity contribution in [1.29, 1.82) is 0 Å². The lowest BCUT2D eigenvalue weighted by molar-refractivity contribution is 0.284. The largest absolute Gasteiger partial charge is 0.391 e. The number of aryl methyl sites for hydroxylation is 1. The molecule has 5 heteroatoms. The van der Waals surface area contributed by atoms with Gasteiger partial charge in [-0.05, 0) is 31.7 Å². The second-order valence-electron chi connectivity index (χ2n) is 4.68. The van der Waals surface area contributed by atoms with E-state index in [1.54, 1.807) is 22.7 Å². The van der Waals surface area contributed by atoms with E-state index in [1.807, 2.05) is 0 Å². The fourth-order valence-corrected chi connectivity index (χ4v) is 3.78. The van der Waals surface area contributed by atoms with Gasteiger partial charge in [0.05, 0.1) is 23.7 Å². The van der Waals surface area contributed by atoms with Crippen LogP contribution >= 0.6 is 22.7 Å². The molecule has 2 heterocycles. The summed E-state index contributed by atoms with van der Waals surface area (Å²) in [4.78, 5) is 9.33. The Morgan fingerprint density at radius 3 is 2.68 bits per heavy atom. The summed E-state index contributed by atoms with van der Waals surface area (Å²) in [6, 6.07) is 4.63. The van der Waals surface area contributed by atoms with Crippen LogP contribution in [0, 0.1) is 0 Å². The zero-order chi connectivity index (χ0) is 13.8. The first-order chi connectivity index (χ1) is 9.15. The van der Waals surface area contributed by atoms with Gasteiger partial charge in [-0.2, -0.15) is 0 Å². The van der Waals surface area contributed by atoms with Crippen molar-refractivity contribution >= 4 is 27.8 Å². The van der Waals surface area contributed by atoms with E-state index in [2.05, 4.69) is 43.2 Å². The normalized spacial score (nSPS) is 11.2. The highest BCUT2D eigenvalue weighted by Gasteiger charge is 2.18. The molecular formula is C14H20N2OS2. The Bertz CT molecular complexity index is 484. The van der Waals surface area contributed by atoms with Crippen molar-refractivity contribution in [2.24, 2.45) is 0 Å². The highest BCUT2D eigenvalue weighted by molar-refractivity contribution is 7.15. The smallest absolute Gasteiger partial charge is 0.186 e. The van der Waals surface area contributed by atoms with E-state index in [1.165, 1.54) is 4.88 Å². The highest BCUT2D eigenvalue weighted by atomic mass is 32.1. The van der Waals surface area contributed by atoms with Crippen LogP contribution < -0.4 is 4.90 Å². The van der Waals surface area contributed by atoms with Gasteiger partial charge in [0.1, 0.15) is 0 Å². The molecule has 3 nitrogen and oxygen atoms in total. The van der Waals surface area contributed by atoms with Crippen molar-refractivity contribution in [3.8, 4) is 0 Å². The number of nitrogens with zero attached hydrogens (tertiary/aromatic N) is 2. The fraction of sp³-hybridized carbons (Fsp3) is 0.500. The third-order valence-electron chi connectivity index (χ3n) is 3.02. The van der Waals surface area contributed by atoms with E-state index in [4.69, 9.17) is 4.98 Å². The topological polar surface area (TPSA) is 36.4 Å². The van der Waals surface area contributed by atoms with E-state index in [0.29, 0.717) is 6.04 Å². The molecule has 0 aliphatic rings. The Labute approximate surface area is 122 Å². The summed E-state index contributed by atoms with van der Waals surface area (Å²) in [5, 5.41) is 12.5. The van der Waals surface area contributed by atoms with E-state index in [-0.39, 0.29) is 6.61 Å². The molecule has 0 bridgehead atoms. The van der Waals surface area contributed by atoms with Crippen molar-refractivity contribution in [3.05, 3.63) is 33.0 Å². The first kappa shape index (κ1) is 14.5. The SMILES string of the molecule is CCc1nc(N(Cc2cccs2)C(C)C)sc1CO. The lowest BCUT2D eigenvalue weighted by Gasteiger charge is -2.25. The minimum absolute atomic E-state index is 0.0891. The summed E-state index contributed by atoms with van der Waals surface area (Å²) in [6.45, 7) is 7.41. The Hall–Kier alpha value is -0.910. The summed E-state index contributed by atoms with van der Waals surface area (Å²) < 4.78 is 0. The second kappa shape index (κ2) is 6.50. The molecule has 1 N–H and O–H groups in total. The standard InChI is InChI=1S/C14H20N2OS2/c1-4-12-13(9-17)19-14(15-12)16(10(2)3)8-11-6-5-7-18-11/h5-7,10,17H,4,8-9H2,1-3H3. The number of thiophene rings is 1. The Morgan fingerprint density at radius 1 is 1.42 bits per heavy atom. The zero-order valence-corrected chi connectivity index (χ0v) is 13.2. The van der Waals surface area contributed by atoms with Gasteiger partial charge in [0.15, 0.2) is 5.13 Å². The summed E-state index contributed by atoms with van der Waals surface area (Å²) in [6.07, 6.45) is 0.872. The summed E-state index contributed by atoms with van der Waals surface area (Å²) >= 11 is 3.38. The Morgan fingerprint density at radius 2 is 2.21 bits per heavy atom. The lowest BCUT2D eigenvalue weighted by Crippen LogP contribution is -2.29. The van der Waals surface area contributed by atoms with Gasteiger partial charge >= 0.3 is 0 Å². The van der Waals surface area contributed by atoms with Crippen LogP contribution in [0.25, 0.3) is 0 Å². The van der Waals surface area contributed by atoms with E-state index >= 15 is 0 Å². The molecule has 0 amide bonds. The van der Waals surface area contributed by atoms with Crippen LogP contribution in [-0.2, 0) is 19.6 Å². The highest BCUT2D eigenvalue weighted by Crippen LogP contribution is 2.30. The molecule has 0 spiro atoms. The molecule has 0 saturated carbocycles. The van der Waals surface area contributed by atoms with Crippen LogP contribution in [0.1, 0.15) is 36.2 Å². The number of aliphatic hydroxyl groups is 1. The minimum Gasteiger partial charge on any atom is -0.391 e. The number of aliphatic hydroxyl groups excluding tert-OH is 1. The first-order valence-corrected chi connectivity index (χ1v) is 8.23. The van der Waals surface area contributed by atoms with Gasteiger partial charge in [-0.25, -0.2) is 4.98 Å². The molecule has 2 aromatic rings. The molecule has 0 fully saturated rings. The van der Waals surface area contributed by atoms with Gasteiger partial charge in [0.2, 0.25) is 0 Å². The van der Waals surface area contributed by atoms with Gasteiger partial charge < -0.3 is 10.0 Å². The molecule has 0 unspecified atom stereocenters. The van der Waals surface area contributed by atoms with Crippen LogP contribution in [0.2, 0.25) is 0 Å². The molecule has 0 saturated heterocycles. The van der Waals surface area contributed by atoms with E-state index in [9.17, 15) is 5.11 Å². The number of anilines is 1. The second-order valence-corrected chi connectivity index (χ2v) is 6.77. The summed E-state index contributed by atoms with van der Waals surface area (Å²) in [7, 11) is 0. The van der Waals surface area contributed by atoms with Crippen LogP contribution in [0.4, 0.5) is 5.13 Å². The van der Waals surface area contributed by atoms with Crippen LogP contribution in [0.3, 0.4) is 0 Å². The molecule has 2 rings (SSSR count). The third-order valence-corrected chi connectivity index (χ3v) is 5.00. The van der Waals surface area contributed by atoms with Gasteiger partial charge in [-0.1, -0.05) is 24.3 Å². The molecule has 0 atom stereocenters. The number of rotatable bonds is 6. The number of aromatic nitrogens is 1. The molecule has 0 aromatic carbocycles. The Balaban J connectivity index is 2.26. The Kier molecular flexibility index (Phi) is 4.96. The first-order valence-electron chi connectivity index (χ1n) is 6.54. The van der Waals surface area contributed by atoms with Crippen molar-refractivity contribution in [2.75, 3.05) is 4.90 Å². The average Bonchev–Trinajstić information content (AvgIpc) is 3.04. The minimum atomic E-state index is 0.0891.